The molecule has 6 nitrogen and oxygen atoms in total. The number of hydrogen-bond donors (Lipinski definition) is 0. The third kappa shape index (κ3) is 2.82. The summed E-state index contributed by atoms with van der Waals surface area (Å²) in [6, 6.07) is 3.80. The molecule has 0 fully saturated rings. The van der Waals surface area contributed by atoms with Gasteiger partial charge in [-0.05, 0) is 19.9 Å². The fourth-order valence-corrected chi connectivity index (χ4v) is 4.35. The second-order valence-electron chi connectivity index (χ2n) is 6.65. The lowest BCUT2D eigenvalue weighted by Crippen LogP contribution is -2.40. The first-order valence-electron chi connectivity index (χ1n) is 7.87. The highest BCUT2D eigenvalue weighted by molar-refractivity contribution is 7.21. The highest BCUT2D eigenvalue weighted by atomic mass is 32.1. The van der Waals surface area contributed by atoms with Crippen LogP contribution in [0.5, 0.6) is 11.5 Å². The molecule has 0 unspecified atom stereocenters. The van der Waals surface area contributed by atoms with Crippen LogP contribution in [0.4, 0.5) is 0 Å². The van der Waals surface area contributed by atoms with Gasteiger partial charge in [0.15, 0.2) is 11.5 Å². The van der Waals surface area contributed by atoms with E-state index in [1.165, 1.54) is 18.4 Å². The number of ether oxygens (including phenoxy) is 3. The fourth-order valence-electron chi connectivity index (χ4n) is 3.16. The Bertz CT molecular complexity index is 855. The lowest BCUT2D eigenvalue weighted by molar-refractivity contribution is -0.151. The van der Waals surface area contributed by atoms with Crippen molar-refractivity contribution in [2.45, 2.75) is 20.4 Å². The predicted molar refractivity (Wildman–Crippen MR) is 95.5 cm³/mol. The molecule has 0 aliphatic carbocycles. The minimum atomic E-state index is -0.755. The summed E-state index contributed by atoms with van der Waals surface area (Å²) >= 11 is 1.44. The van der Waals surface area contributed by atoms with E-state index in [9.17, 15) is 9.59 Å². The summed E-state index contributed by atoms with van der Waals surface area (Å²) in [4.78, 5) is 27.1. The molecule has 1 aromatic heterocycles. The predicted octanol–water partition coefficient (Wildman–Crippen LogP) is 3.07. The van der Waals surface area contributed by atoms with Crippen molar-refractivity contribution in [3.63, 3.8) is 0 Å². The first-order valence-corrected chi connectivity index (χ1v) is 8.69. The monoisotopic (exact) mass is 363 g/mol. The molecule has 134 valence electrons. The quantitative estimate of drug-likeness (QED) is 0.764. The van der Waals surface area contributed by atoms with Gasteiger partial charge in [0.25, 0.3) is 5.91 Å². The maximum atomic E-state index is 12.8. The van der Waals surface area contributed by atoms with Gasteiger partial charge in [-0.3, -0.25) is 9.59 Å². The molecule has 0 atom stereocenters. The van der Waals surface area contributed by atoms with Crippen molar-refractivity contribution in [2.24, 2.45) is 5.41 Å². The molecular formula is C18H21NO5S. The normalized spacial score (nSPS) is 14.0. The zero-order chi connectivity index (χ0) is 18.4. The van der Waals surface area contributed by atoms with E-state index < -0.39 is 5.41 Å². The van der Waals surface area contributed by atoms with E-state index in [1.54, 1.807) is 33.0 Å². The van der Waals surface area contributed by atoms with E-state index in [-0.39, 0.29) is 11.9 Å². The SMILES string of the molecule is COC(=O)C(C)(C)CN1Cc2c(sc3cc(OC)c(OC)cc23)C1=O. The molecule has 0 bridgehead atoms. The molecule has 0 N–H and O–H groups in total. The molecule has 2 aromatic rings. The number of rotatable bonds is 5. The number of benzene rings is 1. The van der Waals surface area contributed by atoms with Crippen LogP contribution >= 0.6 is 11.3 Å². The van der Waals surface area contributed by atoms with Gasteiger partial charge in [0, 0.05) is 34.8 Å². The fraction of sp³-hybridized carbons (Fsp3) is 0.444. The number of carbonyl (C=O) groups excluding carboxylic acids is 2. The van der Waals surface area contributed by atoms with Crippen molar-refractivity contribution in [1.29, 1.82) is 0 Å². The van der Waals surface area contributed by atoms with Crippen LogP contribution in [0, 0.1) is 5.41 Å². The largest absolute Gasteiger partial charge is 0.493 e. The molecule has 7 heteroatoms. The lowest BCUT2D eigenvalue weighted by atomic mass is 9.93. The summed E-state index contributed by atoms with van der Waals surface area (Å²) < 4.78 is 16.5. The minimum Gasteiger partial charge on any atom is -0.493 e. The highest BCUT2D eigenvalue weighted by Gasteiger charge is 2.38. The number of amides is 1. The van der Waals surface area contributed by atoms with Crippen molar-refractivity contribution in [3.8, 4) is 11.5 Å². The van der Waals surface area contributed by atoms with Crippen LogP contribution in [-0.2, 0) is 16.1 Å². The van der Waals surface area contributed by atoms with Crippen LogP contribution in [0.15, 0.2) is 12.1 Å². The lowest BCUT2D eigenvalue weighted by Gasteiger charge is -2.27. The van der Waals surface area contributed by atoms with Gasteiger partial charge in [-0.2, -0.15) is 0 Å². The standard InChI is InChI=1S/C18H21NO5S/c1-18(2,17(21)24-5)9-19-8-11-10-6-12(22-3)13(23-4)7-14(10)25-15(11)16(19)20/h6-7H,8-9H2,1-5H3. The van der Waals surface area contributed by atoms with Crippen LogP contribution in [0.25, 0.3) is 10.1 Å². The molecule has 0 saturated carbocycles. The van der Waals surface area contributed by atoms with Gasteiger partial charge >= 0.3 is 5.97 Å². The van der Waals surface area contributed by atoms with E-state index in [0.717, 1.165) is 15.6 Å². The van der Waals surface area contributed by atoms with E-state index in [4.69, 9.17) is 14.2 Å². The summed E-state index contributed by atoms with van der Waals surface area (Å²) in [5.74, 6) is 0.903. The van der Waals surface area contributed by atoms with Crippen LogP contribution in [0.2, 0.25) is 0 Å². The van der Waals surface area contributed by atoms with Crippen molar-refractivity contribution < 1.29 is 23.8 Å². The summed E-state index contributed by atoms with van der Waals surface area (Å²) in [5, 5.41) is 0.990. The van der Waals surface area contributed by atoms with Crippen molar-refractivity contribution in [3.05, 3.63) is 22.6 Å². The van der Waals surface area contributed by atoms with Crippen LogP contribution in [-0.4, -0.2) is 44.7 Å². The first-order chi connectivity index (χ1) is 11.8. The molecule has 1 aliphatic rings. The van der Waals surface area contributed by atoms with Gasteiger partial charge in [0.05, 0.1) is 31.6 Å². The van der Waals surface area contributed by atoms with Gasteiger partial charge in [0.2, 0.25) is 0 Å². The molecule has 1 aliphatic heterocycles. The topological polar surface area (TPSA) is 65.1 Å². The molecule has 0 saturated heterocycles. The second-order valence-corrected chi connectivity index (χ2v) is 7.70. The third-order valence-electron chi connectivity index (χ3n) is 4.45. The maximum Gasteiger partial charge on any atom is 0.313 e. The van der Waals surface area contributed by atoms with Crippen molar-refractivity contribution >= 4 is 33.3 Å². The Labute approximate surface area is 150 Å². The van der Waals surface area contributed by atoms with E-state index in [1.807, 2.05) is 12.1 Å². The summed E-state index contributed by atoms with van der Waals surface area (Å²) in [5.41, 5.74) is 0.224. The molecule has 1 aromatic carbocycles. The van der Waals surface area contributed by atoms with Crippen molar-refractivity contribution in [2.75, 3.05) is 27.9 Å². The first kappa shape index (κ1) is 17.5. The van der Waals surface area contributed by atoms with E-state index in [0.29, 0.717) is 29.5 Å². The molecule has 0 spiro atoms. The number of esters is 1. The highest BCUT2D eigenvalue weighted by Crippen LogP contribution is 2.43. The van der Waals surface area contributed by atoms with Gasteiger partial charge in [-0.15, -0.1) is 11.3 Å². The molecule has 3 rings (SSSR count). The summed E-state index contributed by atoms with van der Waals surface area (Å²) in [6.07, 6.45) is 0. The molecular weight excluding hydrogens is 342 g/mol. The Morgan fingerprint density at radius 3 is 2.44 bits per heavy atom. The Hall–Kier alpha value is -2.28. The number of methoxy groups -OCH3 is 3. The third-order valence-corrected chi connectivity index (χ3v) is 5.63. The Balaban J connectivity index is 1.96. The number of thiophene rings is 1. The maximum absolute atomic E-state index is 12.8. The smallest absolute Gasteiger partial charge is 0.313 e. The average Bonchev–Trinajstić information content (AvgIpc) is 3.09. The number of fused-ring (bicyclic) bond motifs is 3. The van der Waals surface area contributed by atoms with Crippen LogP contribution in [0.3, 0.4) is 0 Å². The molecule has 25 heavy (non-hydrogen) atoms. The van der Waals surface area contributed by atoms with E-state index in [2.05, 4.69) is 0 Å². The number of hydrogen-bond acceptors (Lipinski definition) is 6. The van der Waals surface area contributed by atoms with Gasteiger partial charge < -0.3 is 19.1 Å². The summed E-state index contributed by atoms with van der Waals surface area (Å²) in [6.45, 7) is 4.35. The van der Waals surface area contributed by atoms with E-state index >= 15 is 0 Å². The zero-order valence-corrected chi connectivity index (χ0v) is 15.8. The molecule has 0 radical (unpaired) electrons. The Morgan fingerprint density at radius 2 is 1.84 bits per heavy atom. The Kier molecular flexibility index (Phi) is 4.36. The van der Waals surface area contributed by atoms with Gasteiger partial charge in [-0.1, -0.05) is 0 Å². The minimum absolute atomic E-state index is 0.0499. The van der Waals surface area contributed by atoms with Gasteiger partial charge in [0.1, 0.15) is 0 Å². The van der Waals surface area contributed by atoms with Crippen molar-refractivity contribution in [1.82, 2.24) is 4.90 Å². The summed E-state index contributed by atoms with van der Waals surface area (Å²) in [7, 11) is 4.54. The molecule has 1 amide bonds. The second kappa shape index (κ2) is 6.22. The number of carbonyl (C=O) groups is 2. The van der Waals surface area contributed by atoms with Crippen LogP contribution in [0.1, 0.15) is 29.1 Å². The van der Waals surface area contributed by atoms with Crippen LogP contribution < -0.4 is 9.47 Å². The average molecular weight is 363 g/mol. The Morgan fingerprint density at radius 1 is 1.20 bits per heavy atom. The zero-order valence-electron chi connectivity index (χ0n) is 15.0. The number of nitrogens with zero attached hydrogens (tertiary/aromatic N) is 1. The molecule has 2 heterocycles. The van der Waals surface area contributed by atoms with Gasteiger partial charge in [-0.25, -0.2) is 0 Å².